The minimum Gasteiger partial charge on any atom is -0.508 e. The number of phenols is 2. The van der Waals surface area contributed by atoms with Crippen LogP contribution in [0.1, 0.15) is 15.9 Å². The third kappa shape index (κ3) is 2.22. The SMILES string of the molecule is COc1cc2c(cc1OC)C1(O)C(=O)c3c(O)cc(O)cc3OC1C(O)O2. The molecule has 0 spiro atoms. The largest absolute Gasteiger partial charge is 0.508 e. The van der Waals surface area contributed by atoms with E-state index in [0.717, 1.165) is 12.1 Å². The third-order valence-electron chi connectivity index (χ3n) is 4.71. The van der Waals surface area contributed by atoms with Gasteiger partial charge in [-0.1, -0.05) is 0 Å². The van der Waals surface area contributed by atoms with E-state index in [1.54, 1.807) is 0 Å². The number of methoxy groups -OCH3 is 2. The van der Waals surface area contributed by atoms with E-state index < -0.39 is 29.5 Å². The van der Waals surface area contributed by atoms with E-state index in [1.165, 1.54) is 26.4 Å². The Labute approximate surface area is 152 Å². The first kappa shape index (κ1) is 17.3. The van der Waals surface area contributed by atoms with Gasteiger partial charge in [-0.05, 0) is 6.07 Å². The standard InChI is InChI=1S/C18H16O9/c1-24-11-5-8-10(6-12(11)25-2)27-17(22)16-18(8,23)15(21)14-9(20)3-7(19)4-13(14)26-16/h3-6,16-17,19-20,22-23H,1-2H3. The number of hydrogen-bond donors (Lipinski definition) is 4. The summed E-state index contributed by atoms with van der Waals surface area (Å²) >= 11 is 0. The topological polar surface area (TPSA) is 135 Å². The van der Waals surface area contributed by atoms with Crippen LogP contribution >= 0.6 is 0 Å². The van der Waals surface area contributed by atoms with Crippen molar-refractivity contribution in [2.75, 3.05) is 14.2 Å². The number of rotatable bonds is 2. The Morgan fingerprint density at radius 3 is 2.33 bits per heavy atom. The molecule has 0 aromatic heterocycles. The average Bonchev–Trinajstić information content (AvgIpc) is 2.62. The molecule has 0 saturated heterocycles. The fourth-order valence-corrected chi connectivity index (χ4v) is 3.44. The highest BCUT2D eigenvalue weighted by Crippen LogP contribution is 2.52. The molecular weight excluding hydrogens is 360 g/mol. The highest BCUT2D eigenvalue weighted by molar-refractivity contribution is 6.09. The van der Waals surface area contributed by atoms with Gasteiger partial charge < -0.3 is 39.4 Å². The summed E-state index contributed by atoms with van der Waals surface area (Å²) in [5.74, 6) is -1.52. The van der Waals surface area contributed by atoms with Crippen LogP contribution in [-0.4, -0.2) is 52.8 Å². The molecule has 0 radical (unpaired) electrons. The minimum absolute atomic E-state index is 0.00225. The fraction of sp³-hybridized carbons (Fsp3) is 0.278. The molecule has 9 heteroatoms. The van der Waals surface area contributed by atoms with Crippen LogP contribution in [0, 0.1) is 0 Å². The Morgan fingerprint density at radius 1 is 1.00 bits per heavy atom. The Morgan fingerprint density at radius 2 is 1.67 bits per heavy atom. The molecule has 0 bridgehead atoms. The van der Waals surface area contributed by atoms with Crippen molar-refractivity contribution in [3.05, 3.63) is 35.4 Å². The lowest BCUT2D eigenvalue weighted by atomic mass is 9.76. The highest BCUT2D eigenvalue weighted by Gasteiger charge is 2.60. The molecule has 0 aliphatic carbocycles. The number of ether oxygens (including phenoxy) is 4. The lowest BCUT2D eigenvalue weighted by Crippen LogP contribution is -2.61. The van der Waals surface area contributed by atoms with Crippen LogP contribution in [0.4, 0.5) is 0 Å². The van der Waals surface area contributed by atoms with Crippen LogP contribution in [0.15, 0.2) is 24.3 Å². The van der Waals surface area contributed by atoms with E-state index in [0.29, 0.717) is 0 Å². The van der Waals surface area contributed by atoms with Gasteiger partial charge in [0.15, 0.2) is 17.1 Å². The van der Waals surface area contributed by atoms with Crippen LogP contribution in [0.2, 0.25) is 0 Å². The van der Waals surface area contributed by atoms with Crippen LogP contribution in [0.3, 0.4) is 0 Å². The molecule has 2 heterocycles. The maximum atomic E-state index is 13.2. The summed E-state index contributed by atoms with van der Waals surface area (Å²) in [6, 6.07) is 4.76. The average molecular weight is 376 g/mol. The van der Waals surface area contributed by atoms with Crippen molar-refractivity contribution in [2.45, 2.75) is 18.0 Å². The molecule has 4 N–H and O–H groups in total. The number of Topliss-reactive ketones (excluding diaryl/α,β-unsaturated/α-hetero) is 1. The lowest BCUT2D eigenvalue weighted by Gasteiger charge is -2.45. The smallest absolute Gasteiger partial charge is 0.238 e. The van der Waals surface area contributed by atoms with Crippen molar-refractivity contribution in [1.82, 2.24) is 0 Å². The number of aliphatic hydroxyl groups is 2. The van der Waals surface area contributed by atoms with Crippen molar-refractivity contribution in [2.24, 2.45) is 0 Å². The number of aliphatic hydroxyl groups excluding tert-OH is 1. The summed E-state index contributed by atoms with van der Waals surface area (Å²) in [6.45, 7) is 0. The zero-order valence-corrected chi connectivity index (χ0v) is 14.3. The summed E-state index contributed by atoms with van der Waals surface area (Å²) in [5.41, 5.74) is -2.70. The van der Waals surface area contributed by atoms with Crippen molar-refractivity contribution >= 4 is 5.78 Å². The van der Waals surface area contributed by atoms with E-state index in [4.69, 9.17) is 18.9 Å². The number of aromatic hydroxyl groups is 2. The number of carbonyl (C=O) groups is 1. The zero-order chi connectivity index (χ0) is 19.5. The summed E-state index contributed by atoms with van der Waals surface area (Å²) in [4.78, 5) is 13.2. The molecular formula is C18H16O9. The van der Waals surface area contributed by atoms with Gasteiger partial charge in [0.25, 0.3) is 0 Å². The molecule has 2 aliphatic heterocycles. The molecule has 2 aromatic carbocycles. The molecule has 0 fully saturated rings. The van der Waals surface area contributed by atoms with Gasteiger partial charge in [0, 0.05) is 23.8 Å². The number of hydrogen-bond acceptors (Lipinski definition) is 9. The van der Waals surface area contributed by atoms with Crippen LogP contribution in [0.5, 0.6) is 34.5 Å². The highest BCUT2D eigenvalue weighted by atomic mass is 16.6. The van der Waals surface area contributed by atoms with Crippen molar-refractivity contribution in [3.63, 3.8) is 0 Å². The molecule has 142 valence electrons. The normalized spacial score (nSPS) is 25.4. The van der Waals surface area contributed by atoms with Gasteiger partial charge in [-0.15, -0.1) is 0 Å². The van der Waals surface area contributed by atoms with Gasteiger partial charge in [-0.2, -0.15) is 0 Å². The molecule has 0 amide bonds. The van der Waals surface area contributed by atoms with E-state index >= 15 is 0 Å². The molecule has 2 aromatic rings. The Bertz CT molecular complexity index is 954. The van der Waals surface area contributed by atoms with Gasteiger partial charge in [-0.3, -0.25) is 4.79 Å². The molecule has 4 rings (SSSR count). The second-order valence-electron chi connectivity index (χ2n) is 6.18. The van der Waals surface area contributed by atoms with Crippen molar-refractivity contribution < 1.29 is 44.2 Å². The summed E-state index contributed by atoms with van der Waals surface area (Å²) < 4.78 is 21.3. The molecule has 3 unspecified atom stereocenters. The maximum absolute atomic E-state index is 13.2. The fourth-order valence-electron chi connectivity index (χ4n) is 3.44. The number of phenolic OH excluding ortho intramolecular Hbond substituents is 2. The van der Waals surface area contributed by atoms with Crippen LogP contribution in [-0.2, 0) is 5.60 Å². The van der Waals surface area contributed by atoms with Gasteiger partial charge in [0.1, 0.15) is 28.6 Å². The predicted molar refractivity (Wildman–Crippen MR) is 88.6 cm³/mol. The number of fused-ring (bicyclic) bond motifs is 4. The van der Waals surface area contributed by atoms with Gasteiger partial charge >= 0.3 is 0 Å². The molecule has 3 atom stereocenters. The predicted octanol–water partition coefficient (Wildman–Crippen LogP) is 0.657. The second kappa shape index (κ2) is 5.66. The molecule has 2 aliphatic rings. The summed E-state index contributed by atoms with van der Waals surface area (Å²) in [5, 5.41) is 41.4. The first-order valence-corrected chi connectivity index (χ1v) is 7.92. The minimum atomic E-state index is -2.37. The Kier molecular flexibility index (Phi) is 3.62. The van der Waals surface area contributed by atoms with Gasteiger partial charge in [-0.25, -0.2) is 0 Å². The molecule has 27 heavy (non-hydrogen) atoms. The lowest BCUT2D eigenvalue weighted by molar-refractivity contribution is -0.179. The molecule has 9 nitrogen and oxygen atoms in total. The maximum Gasteiger partial charge on any atom is 0.238 e. The number of carbonyl (C=O) groups excluding carboxylic acids is 1. The van der Waals surface area contributed by atoms with E-state index in [9.17, 15) is 25.2 Å². The second-order valence-corrected chi connectivity index (χ2v) is 6.18. The summed E-state index contributed by atoms with van der Waals surface area (Å²) in [7, 11) is 2.78. The third-order valence-corrected chi connectivity index (χ3v) is 4.71. The van der Waals surface area contributed by atoms with E-state index in [1.807, 2.05) is 0 Å². The Hall–Kier alpha value is -3.17. The molecule has 0 saturated carbocycles. The summed E-state index contributed by atoms with van der Waals surface area (Å²) in [6.07, 6.45) is -3.24. The van der Waals surface area contributed by atoms with E-state index in [-0.39, 0.29) is 39.9 Å². The van der Waals surface area contributed by atoms with Gasteiger partial charge in [0.2, 0.25) is 18.2 Å². The monoisotopic (exact) mass is 376 g/mol. The van der Waals surface area contributed by atoms with Crippen LogP contribution < -0.4 is 18.9 Å². The Balaban J connectivity index is 1.97. The van der Waals surface area contributed by atoms with Gasteiger partial charge in [0.05, 0.1) is 14.2 Å². The first-order chi connectivity index (χ1) is 12.8. The van der Waals surface area contributed by atoms with Crippen molar-refractivity contribution in [1.29, 1.82) is 0 Å². The zero-order valence-electron chi connectivity index (χ0n) is 14.3. The quantitative estimate of drug-likeness (QED) is 0.596. The number of ketones is 1. The van der Waals surface area contributed by atoms with Crippen molar-refractivity contribution in [3.8, 4) is 34.5 Å². The number of benzene rings is 2. The first-order valence-electron chi connectivity index (χ1n) is 7.92. The van der Waals surface area contributed by atoms with Crippen LogP contribution in [0.25, 0.3) is 0 Å². The van der Waals surface area contributed by atoms with E-state index in [2.05, 4.69) is 0 Å².